The topological polar surface area (TPSA) is 15.3 Å². The number of hydrogen-bond acceptors (Lipinski definition) is 2. The molecule has 0 spiro atoms. The molecule has 0 aromatic carbocycles. The van der Waals surface area contributed by atoms with E-state index in [2.05, 4.69) is 10.2 Å². The predicted molar refractivity (Wildman–Crippen MR) is 53.7 cm³/mol. The standard InChI is InChI=1S/C11H20N2/c1-2-4-6-13(5-3-1)11-9-7-12-8-10(9)11/h9-12H,1-8H2. The van der Waals surface area contributed by atoms with Gasteiger partial charge in [0.15, 0.2) is 0 Å². The van der Waals surface area contributed by atoms with E-state index < -0.39 is 0 Å². The molecule has 0 amide bonds. The van der Waals surface area contributed by atoms with E-state index in [-0.39, 0.29) is 0 Å². The summed E-state index contributed by atoms with van der Waals surface area (Å²) >= 11 is 0. The largest absolute Gasteiger partial charge is 0.316 e. The van der Waals surface area contributed by atoms with Gasteiger partial charge < -0.3 is 5.32 Å². The van der Waals surface area contributed by atoms with Crippen LogP contribution in [0.3, 0.4) is 0 Å². The van der Waals surface area contributed by atoms with Gasteiger partial charge >= 0.3 is 0 Å². The van der Waals surface area contributed by atoms with Crippen LogP contribution in [0.4, 0.5) is 0 Å². The molecule has 2 atom stereocenters. The number of hydrogen-bond donors (Lipinski definition) is 1. The van der Waals surface area contributed by atoms with Gasteiger partial charge in [0.25, 0.3) is 0 Å². The van der Waals surface area contributed by atoms with Crippen molar-refractivity contribution in [1.29, 1.82) is 0 Å². The van der Waals surface area contributed by atoms with Crippen LogP contribution in [0.25, 0.3) is 0 Å². The van der Waals surface area contributed by atoms with Crippen molar-refractivity contribution in [1.82, 2.24) is 10.2 Å². The first-order valence-electron chi connectivity index (χ1n) is 5.91. The number of rotatable bonds is 1. The SMILES string of the molecule is C1CCCN(C2C3CNCC32)CC1. The highest BCUT2D eigenvalue weighted by atomic mass is 15.2. The average molecular weight is 180 g/mol. The van der Waals surface area contributed by atoms with Gasteiger partial charge in [-0.25, -0.2) is 0 Å². The lowest BCUT2D eigenvalue weighted by atomic mass is 10.2. The fourth-order valence-corrected chi connectivity index (χ4v) is 3.32. The van der Waals surface area contributed by atoms with Gasteiger partial charge in [-0.2, -0.15) is 0 Å². The van der Waals surface area contributed by atoms with Gasteiger partial charge in [0.2, 0.25) is 0 Å². The molecule has 1 aliphatic carbocycles. The lowest BCUT2D eigenvalue weighted by molar-refractivity contribution is 0.246. The third kappa shape index (κ3) is 1.40. The van der Waals surface area contributed by atoms with Crippen LogP contribution >= 0.6 is 0 Å². The number of piperidine rings is 1. The molecule has 3 rings (SSSR count). The van der Waals surface area contributed by atoms with Crippen LogP contribution in [0.2, 0.25) is 0 Å². The number of nitrogens with one attached hydrogen (secondary N) is 1. The summed E-state index contributed by atoms with van der Waals surface area (Å²) < 4.78 is 0. The number of nitrogens with zero attached hydrogens (tertiary/aromatic N) is 1. The smallest absolute Gasteiger partial charge is 0.0183 e. The fraction of sp³-hybridized carbons (Fsp3) is 1.00. The summed E-state index contributed by atoms with van der Waals surface area (Å²) in [4.78, 5) is 2.78. The number of likely N-dealkylation sites (tertiary alicyclic amines) is 1. The van der Waals surface area contributed by atoms with E-state index in [1.54, 1.807) is 0 Å². The highest BCUT2D eigenvalue weighted by Crippen LogP contribution is 2.46. The van der Waals surface area contributed by atoms with Crippen LogP contribution < -0.4 is 5.32 Å². The maximum absolute atomic E-state index is 3.48. The molecule has 2 heterocycles. The fourth-order valence-electron chi connectivity index (χ4n) is 3.32. The quantitative estimate of drug-likeness (QED) is 0.649. The summed E-state index contributed by atoms with van der Waals surface area (Å²) in [5.41, 5.74) is 0. The summed E-state index contributed by atoms with van der Waals surface area (Å²) in [5.74, 6) is 2.05. The Balaban J connectivity index is 1.59. The molecular weight excluding hydrogens is 160 g/mol. The van der Waals surface area contributed by atoms with Crippen LogP contribution in [-0.4, -0.2) is 37.1 Å². The molecule has 1 saturated carbocycles. The second-order valence-corrected chi connectivity index (χ2v) is 4.93. The Hall–Kier alpha value is -0.0800. The Morgan fingerprint density at radius 1 is 0.846 bits per heavy atom. The van der Waals surface area contributed by atoms with Gasteiger partial charge in [-0.1, -0.05) is 12.8 Å². The summed E-state index contributed by atoms with van der Waals surface area (Å²) in [6, 6.07) is 0.986. The first kappa shape index (κ1) is 8.25. The number of fused-ring (bicyclic) bond motifs is 1. The molecule has 0 aromatic rings. The molecule has 1 N–H and O–H groups in total. The van der Waals surface area contributed by atoms with E-state index in [9.17, 15) is 0 Å². The maximum atomic E-state index is 3.48. The first-order chi connectivity index (χ1) is 6.47. The van der Waals surface area contributed by atoms with Gasteiger partial charge in [0.1, 0.15) is 0 Å². The minimum atomic E-state index is 0.986. The normalized spacial score (nSPS) is 45.7. The average Bonchev–Trinajstić information content (AvgIpc) is 2.74. The van der Waals surface area contributed by atoms with E-state index in [0.717, 1.165) is 17.9 Å². The molecule has 3 aliphatic rings. The molecule has 13 heavy (non-hydrogen) atoms. The van der Waals surface area contributed by atoms with Crippen molar-refractivity contribution in [3.8, 4) is 0 Å². The Morgan fingerprint density at radius 2 is 1.46 bits per heavy atom. The van der Waals surface area contributed by atoms with E-state index in [1.165, 1.54) is 51.9 Å². The molecule has 2 heteroatoms. The molecule has 2 saturated heterocycles. The molecule has 0 aromatic heterocycles. The van der Waals surface area contributed by atoms with Crippen LogP contribution in [0, 0.1) is 11.8 Å². The Bertz CT molecular complexity index is 175. The van der Waals surface area contributed by atoms with Gasteiger partial charge in [0, 0.05) is 6.04 Å². The zero-order valence-electron chi connectivity index (χ0n) is 8.34. The Morgan fingerprint density at radius 3 is 2.08 bits per heavy atom. The third-order valence-electron chi connectivity index (χ3n) is 4.11. The van der Waals surface area contributed by atoms with E-state index in [0.29, 0.717) is 0 Å². The highest BCUT2D eigenvalue weighted by molar-refractivity contribution is 5.10. The lowest BCUT2D eigenvalue weighted by Gasteiger charge is -2.21. The highest BCUT2D eigenvalue weighted by Gasteiger charge is 2.55. The second-order valence-electron chi connectivity index (χ2n) is 4.93. The molecular formula is C11H20N2. The van der Waals surface area contributed by atoms with E-state index in [4.69, 9.17) is 0 Å². The molecule has 2 nitrogen and oxygen atoms in total. The van der Waals surface area contributed by atoms with Crippen LogP contribution in [0.1, 0.15) is 25.7 Å². The molecule has 2 aliphatic heterocycles. The van der Waals surface area contributed by atoms with E-state index in [1.807, 2.05) is 0 Å². The van der Waals surface area contributed by atoms with Crippen LogP contribution in [-0.2, 0) is 0 Å². The van der Waals surface area contributed by atoms with Gasteiger partial charge in [0.05, 0.1) is 0 Å². The van der Waals surface area contributed by atoms with Crippen molar-refractivity contribution in [3.63, 3.8) is 0 Å². The Labute approximate surface area is 80.7 Å². The summed E-state index contributed by atoms with van der Waals surface area (Å²) in [5, 5.41) is 3.48. The van der Waals surface area contributed by atoms with E-state index >= 15 is 0 Å². The van der Waals surface area contributed by atoms with Crippen LogP contribution in [0.5, 0.6) is 0 Å². The van der Waals surface area contributed by atoms with Crippen molar-refractivity contribution in [3.05, 3.63) is 0 Å². The first-order valence-corrected chi connectivity index (χ1v) is 5.91. The zero-order valence-corrected chi connectivity index (χ0v) is 8.34. The monoisotopic (exact) mass is 180 g/mol. The van der Waals surface area contributed by atoms with Gasteiger partial charge in [-0.15, -0.1) is 0 Å². The third-order valence-corrected chi connectivity index (χ3v) is 4.11. The zero-order chi connectivity index (χ0) is 8.67. The summed E-state index contributed by atoms with van der Waals surface area (Å²) in [6.45, 7) is 5.37. The van der Waals surface area contributed by atoms with Gasteiger partial charge in [-0.05, 0) is 50.9 Å². The minimum absolute atomic E-state index is 0.986. The molecule has 3 fully saturated rings. The summed E-state index contributed by atoms with van der Waals surface area (Å²) in [7, 11) is 0. The van der Waals surface area contributed by atoms with Crippen molar-refractivity contribution < 1.29 is 0 Å². The molecule has 0 radical (unpaired) electrons. The second kappa shape index (κ2) is 3.25. The lowest BCUT2D eigenvalue weighted by Crippen LogP contribution is -2.33. The predicted octanol–water partition coefficient (Wildman–Crippen LogP) is 1.08. The molecule has 2 unspecified atom stereocenters. The van der Waals surface area contributed by atoms with Crippen molar-refractivity contribution in [2.24, 2.45) is 11.8 Å². The Kier molecular flexibility index (Phi) is 2.06. The maximum Gasteiger partial charge on any atom is 0.0183 e. The van der Waals surface area contributed by atoms with Crippen molar-refractivity contribution >= 4 is 0 Å². The molecule has 74 valence electrons. The van der Waals surface area contributed by atoms with Crippen LogP contribution in [0.15, 0.2) is 0 Å². The van der Waals surface area contributed by atoms with Crippen molar-refractivity contribution in [2.75, 3.05) is 26.2 Å². The van der Waals surface area contributed by atoms with Crippen molar-refractivity contribution in [2.45, 2.75) is 31.7 Å². The van der Waals surface area contributed by atoms with Gasteiger partial charge in [-0.3, -0.25) is 4.90 Å². The summed E-state index contributed by atoms with van der Waals surface area (Å²) in [6.07, 6.45) is 5.83. The molecule has 0 bridgehead atoms. The minimum Gasteiger partial charge on any atom is -0.316 e.